The molecule has 100 valence electrons. The molecule has 1 heterocycles. The van der Waals surface area contributed by atoms with E-state index in [2.05, 4.69) is 15.3 Å². The minimum Gasteiger partial charge on any atom is -0.384 e. The molecular formula is C10H13F3N4O. The van der Waals surface area contributed by atoms with Gasteiger partial charge in [-0.2, -0.15) is 13.2 Å². The number of halogens is 3. The van der Waals surface area contributed by atoms with Crippen LogP contribution >= 0.6 is 0 Å². The van der Waals surface area contributed by atoms with Crippen molar-refractivity contribution in [2.24, 2.45) is 0 Å². The number of nitrogens with two attached hydrogens (primary N) is 1. The molecule has 3 N–H and O–H groups in total. The van der Waals surface area contributed by atoms with Gasteiger partial charge in [-0.25, -0.2) is 9.97 Å². The molecule has 8 heteroatoms. The number of ether oxygens (including phenoxy) is 1. The van der Waals surface area contributed by atoms with Crippen LogP contribution in [0.3, 0.4) is 0 Å². The molecule has 1 aliphatic carbocycles. The first-order valence-corrected chi connectivity index (χ1v) is 5.39. The lowest BCUT2D eigenvalue weighted by molar-refractivity contribution is -0.144. The molecule has 1 aromatic rings. The average Bonchev–Trinajstić information content (AvgIpc) is 2.20. The van der Waals surface area contributed by atoms with Crippen molar-refractivity contribution in [3.63, 3.8) is 0 Å². The molecule has 1 aliphatic rings. The second kappa shape index (κ2) is 4.60. The number of nitrogens with one attached hydrogen (secondary N) is 1. The fourth-order valence-corrected chi connectivity index (χ4v) is 1.75. The third-order valence-electron chi connectivity index (χ3n) is 2.78. The van der Waals surface area contributed by atoms with Crippen molar-refractivity contribution >= 4 is 11.6 Å². The molecule has 18 heavy (non-hydrogen) atoms. The number of rotatable bonds is 3. The van der Waals surface area contributed by atoms with Gasteiger partial charge in [0.05, 0.1) is 6.10 Å². The Morgan fingerprint density at radius 3 is 2.61 bits per heavy atom. The Bertz CT molecular complexity index is 432. The molecule has 0 atom stereocenters. The summed E-state index contributed by atoms with van der Waals surface area (Å²) in [6.07, 6.45) is -2.96. The Hall–Kier alpha value is -1.57. The third kappa shape index (κ3) is 2.81. The number of nitrogen functional groups attached to an aromatic ring is 1. The Kier molecular flexibility index (Phi) is 3.29. The third-order valence-corrected chi connectivity index (χ3v) is 2.78. The lowest BCUT2D eigenvalue weighted by atomic mass is 9.89. The highest BCUT2D eigenvalue weighted by molar-refractivity contribution is 5.46. The van der Waals surface area contributed by atoms with Gasteiger partial charge in [0.25, 0.3) is 0 Å². The number of hydrogen-bond acceptors (Lipinski definition) is 5. The zero-order valence-corrected chi connectivity index (χ0v) is 9.66. The van der Waals surface area contributed by atoms with E-state index in [1.165, 1.54) is 6.07 Å². The summed E-state index contributed by atoms with van der Waals surface area (Å²) in [5.74, 6) is -1.34. The van der Waals surface area contributed by atoms with Crippen molar-refractivity contribution in [3.8, 4) is 0 Å². The second-order valence-electron chi connectivity index (χ2n) is 4.17. The van der Waals surface area contributed by atoms with Gasteiger partial charge in [0.1, 0.15) is 11.6 Å². The van der Waals surface area contributed by atoms with Gasteiger partial charge in [0, 0.05) is 19.2 Å². The lowest BCUT2D eigenvalue weighted by Gasteiger charge is -2.34. The van der Waals surface area contributed by atoms with Gasteiger partial charge in [0.2, 0.25) is 5.82 Å². The van der Waals surface area contributed by atoms with E-state index in [1.54, 1.807) is 7.11 Å². The summed E-state index contributed by atoms with van der Waals surface area (Å²) in [6, 6.07) is 1.35. The molecule has 1 saturated carbocycles. The maximum atomic E-state index is 12.5. The molecule has 0 unspecified atom stereocenters. The van der Waals surface area contributed by atoms with E-state index in [9.17, 15) is 13.2 Å². The van der Waals surface area contributed by atoms with Crippen LogP contribution in [0, 0.1) is 0 Å². The van der Waals surface area contributed by atoms with E-state index in [4.69, 9.17) is 10.5 Å². The first-order chi connectivity index (χ1) is 8.38. The molecule has 0 saturated heterocycles. The van der Waals surface area contributed by atoms with Crippen LogP contribution in [-0.2, 0) is 10.9 Å². The number of aromatic nitrogens is 2. The Labute approximate surface area is 102 Å². The lowest BCUT2D eigenvalue weighted by Crippen LogP contribution is -2.40. The van der Waals surface area contributed by atoms with Crippen molar-refractivity contribution in [1.29, 1.82) is 0 Å². The summed E-state index contributed by atoms with van der Waals surface area (Å²) in [4.78, 5) is 6.57. The highest BCUT2D eigenvalue weighted by Gasteiger charge is 2.36. The number of alkyl halides is 3. The van der Waals surface area contributed by atoms with Gasteiger partial charge >= 0.3 is 6.18 Å². The molecule has 0 radical (unpaired) electrons. The first-order valence-electron chi connectivity index (χ1n) is 5.39. The van der Waals surface area contributed by atoms with Crippen LogP contribution in [0.4, 0.5) is 24.8 Å². The van der Waals surface area contributed by atoms with E-state index >= 15 is 0 Å². The summed E-state index contributed by atoms with van der Waals surface area (Å²) in [5.41, 5.74) is 5.33. The van der Waals surface area contributed by atoms with E-state index in [0.29, 0.717) is 0 Å². The number of anilines is 2. The van der Waals surface area contributed by atoms with E-state index in [1.807, 2.05) is 0 Å². The monoisotopic (exact) mass is 262 g/mol. The molecule has 2 rings (SSSR count). The van der Waals surface area contributed by atoms with Crippen LogP contribution in [0.15, 0.2) is 6.07 Å². The Morgan fingerprint density at radius 1 is 1.39 bits per heavy atom. The topological polar surface area (TPSA) is 73.1 Å². The van der Waals surface area contributed by atoms with Gasteiger partial charge in [-0.1, -0.05) is 0 Å². The van der Waals surface area contributed by atoms with Crippen LogP contribution in [0.25, 0.3) is 0 Å². The average molecular weight is 262 g/mol. The summed E-state index contributed by atoms with van der Waals surface area (Å²) in [7, 11) is 1.60. The van der Waals surface area contributed by atoms with Crippen LogP contribution in [0.1, 0.15) is 18.7 Å². The summed E-state index contributed by atoms with van der Waals surface area (Å²) in [6.45, 7) is 0. The Morgan fingerprint density at radius 2 is 2.06 bits per heavy atom. The fourth-order valence-electron chi connectivity index (χ4n) is 1.75. The minimum atomic E-state index is -4.60. The molecule has 5 nitrogen and oxygen atoms in total. The van der Waals surface area contributed by atoms with Crippen molar-refractivity contribution in [3.05, 3.63) is 11.9 Å². The normalized spacial score (nSPS) is 23.6. The summed E-state index contributed by atoms with van der Waals surface area (Å²) < 4.78 is 42.5. The molecule has 0 amide bonds. The van der Waals surface area contributed by atoms with E-state index < -0.39 is 12.0 Å². The maximum Gasteiger partial charge on any atom is 0.451 e. The quantitative estimate of drug-likeness (QED) is 0.866. The van der Waals surface area contributed by atoms with E-state index in [-0.39, 0.29) is 23.8 Å². The second-order valence-corrected chi connectivity index (χ2v) is 4.17. The first kappa shape index (κ1) is 12.9. The van der Waals surface area contributed by atoms with Crippen molar-refractivity contribution in [2.45, 2.75) is 31.2 Å². The summed E-state index contributed by atoms with van der Waals surface area (Å²) in [5, 5.41) is 2.88. The van der Waals surface area contributed by atoms with Gasteiger partial charge in [-0.15, -0.1) is 0 Å². The molecule has 0 spiro atoms. The van der Waals surface area contributed by atoms with Crippen LogP contribution in [0.5, 0.6) is 0 Å². The van der Waals surface area contributed by atoms with Crippen LogP contribution < -0.4 is 11.1 Å². The fraction of sp³-hybridized carbons (Fsp3) is 0.600. The van der Waals surface area contributed by atoms with Gasteiger partial charge in [-0.05, 0) is 12.8 Å². The SMILES string of the molecule is COC1CC(Nc2cc(N)nc(C(F)(F)F)n2)C1. The molecule has 0 aromatic carbocycles. The van der Waals surface area contributed by atoms with Gasteiger partial charge in [0.15, 0.2) is 0 Å². The van der Waals surface area contributed by atoms with Crippen LogP contribution in [-0.4, -0.2) is 29.2 Å². The predicted octanol–water partition coefficient (Wildman–Crippen LogP) is 1.67. The number of hydrogen-bond donors (Lipinski definition) is 2. The molecule has 1 fully saturated rings. The number of methoxy groups -OCH3 is 1. The molecule has 0 bridgehead atoms. The molecule has 1 aromatic heterocycles. The largest absolute Gasteiger partial charge is 0.451 e. The minimum absolute atomic E-state index is 0.0605. The molecule has 0 aliphatic heterocycles. The highest BCUT2D eigenvalue weighted by atomic mass is 19.4. The van der Waals surface area contributed by atoms with Gasteiger partial charge in [-0.3, -0.25) is 0 Å². The molecular weight excluding hydrogens is 249 g/mol. The standard InChI is InChI=1S/C10H13F3N4O/c1-18-6-2-5(3-6)15-8-4-7(14)16-9(17-8)10(11,12)13/h4-6H,2-3H2,1H3,(H3,14,15,16,17). The van der Waals surface area contributed by atoms with Crippen molar-refractivity contribution in [2.75, 3.05) is 18.2 Å². The Balaban J connectivity index is 2.07. The predicted molar refractivity (Wildman–Crippen MR) is 58.9 cm³/mol. The van der Waals surface area contributed by atoms with E-state index in [0.717, 1.165) is 12.8 Å². The zero-order chi connectivity index (χ0) is 13.3. The van der Waals surface area contributed by atoms with Crippen LogP contribution in [0.2, 0.25) is 0 Å². The highest BCUT2D eigenvalue weighted by Crippen LogP contribution is 2.30. The summed E-state index contributed by atoms with van der Waals surface area (Å²) >= 11 is 0. The van der Waals surface area contributed by atoms with Crippen molar-refractivity contribution in [1.82, 2.24) is 9.97 Å². The smallest absolute Gasteiger partial charge is 0.384 e. The maximum absolute atomic E-state index is 12.5. The number of nitrogens with zero attached hydrogens (tertiary/aromatic N) is 2. The zero-order valence-electron chi connectivity index (χ0n) is 9.66. The van der Waals surface area contributed by atoms with Gasteiger partial charge < -0.3 is 15.8 Å². The van der Waals surface area contributed by atoms with Crippen molar-refractivity contribution < 1.29 is 17.9 Å².